The number of rotatable bonds is 5. The number of carbonyl (C=O) groups is 3. The molecule has 0 heterocycles. The van der Waals surface area contributed by atoms with Crippen LogP contribution in [0.25, 0.3) is 0 Å². The molecule has 7 nitrogen and oxygen atoms in total. The molecule has 10 heteroatoms. The van der Waals surface area contributed by atoms with Gasteiger partial charge in [0, 0.05) is 5.69 Å². The number of primary amides is 1. The van der Waals surface area contributed by atoms with Crippen LogP contribution in [-0.4, -0.2) is 24.0 Å². The monoisotopic (exact) mass is 381 g/mol. The van der Waals surface area contributed by atoms with Crippen LogP contribution >= 0.6 is 0 Å². The van der Waals surface area contributed by atoms with E-state index < -0.39 is 47.2 Å². The molecule has 1 atom stereocenters. The summed E-state index contributed by atoms with van der Waals surface area (Å²) in [6.07, 6.45) is -1.38. The van der Waals surface area contributed by atoms with Gasteiger partial charge in [-0.15, -0.1) is 0 Å². The predicted molar refractivity (Wildman–Crippen MR) is 89.5 cm³/mol. The van der Waals surface area contributed by atoms with Crippen LogP contribution in [-0.2, 0) is 9.53 Å². The lowest BCUT2D eigenvalue weighted by Gasteiger charge is -2.14. The molecule has 0 spiro atoms. The van der Waals surface area contributed by atoms with Gasteiger partial charge in [0.1, 0.15) is 0 Å². The van der Waals surface area contributed by atoms with Crippen molar-refractivity contribution in [2.24, 2.45) is 5.73 Å². The van der Waals surface area contributed by atoms with Crippen molar-refractivity contribution >= 4 is 29.3 Å². The number of nitrogens with two attached hydrogens (primary N) is 1. The summed E-state index contributed by atoms with van der Waals surface area (Å²) in [5.74, 6) is -6.59. The van der Waals surface area contributed by atoms with Gasteiger partial charge < -0.3 is 21.1 Å². The topological polar surface area (TPSA) is 111 Å². The van der Waals surface area contributed by atoms with Crippen LogP contribution < -0.4 is 16.4 Å². The molecule has 0 aliphatic heterocycles. The molecule has 0 saturated carbocycles. The number of hydrogen-bond donors (Lipinski definition) is 3. The minimum absolute atomic E-state index is 0.0138. The van der Waals surface area contributed by atoms with Crippen LogP contribution in [0.15, 0.2) is 36.4 Å². The highest BCUT2D eigenvalue weighted by Gasteiger charge is 2.22. The van der Waals surface area contributed by atoms with Crippen LogP contribution in [0.3, 0.4) is 0 Å². The van der Waals surface area contributed by atoms with Gasteiger partial charge in [0.2, 0.25) is 0 Å². The number of amides is 3. The molecule has 0 bridgehead atoms. The first-order chi connectivity index (χ1) is 12.7. The van der Waals surface area contributed by atoms with Crippen LogP contribution in [0.1, 0.15) is 17.3 Å². The number of esters is 1. The summed E-state index contributed by atoms with van der Waals surface area (Å²) in [5.41, 5.74) is 4.62. The lowest BCUT2D eigenvalue weighted by molar-refractivity contribution is -0.123. The van der Waals surface area contributed by atoms with Gasteiger partial charge in [-0.1, -0.05) is 6.07 Å². The van der Waals surface area contributed by atoms with Crippen LogP contribution in [0.5, 0.6) is 0 Å². The number of nitrogens with one attached hydrogen (secondary N) is 2. The zero-order valence-electron chi connectivity index (χ0n) is 13.9. The van der Waals surface area contributed by atoms with E-state index in [1.165, 1.54) is 31.2 Å². The zero-order valence-corrected chi connectivity index (χ0v) is 13.9. The Labute approximate surface area is 151 Å². The first kappa shape index (κ1) is 19.8. The molecule has 3 amide bonds. The smallest absolute Gasteiger partial charge is 0.338 e. The van der Waals surface area contributed by atoms with Gasteiger partial charge in [0.15, 0.2) is 23.6 Å². The second-order valence-electron chi connectivity index (χ2n) is 5.33. The average molecular weight is 381 g/mol. The van der Waals surface area contributed by atoms with Gasteiger partial charge in [-0.3, -0.25) is 4.79 Å². The highest BCUT2D eigenvalue weighted by Crippen LogP contribution is 2.20. The van der Waals surface area contributed by atoms with E-state index in [0.29, 0.717) is 6.07 Å². The molecule has 4 N–H and O–H groups in total. The summed E-state index contributed by atoms with van der Waals surface area (Å²) in [4.78, 5) is 34.9. The summed E-state index contributed by atoms with van der Waals surface area (Å²) in [5, 5.41) is 4.27. The molecule has 2 aromatic carbocycles. The van der Waals surface area contributed by atoms with E-state index in [9.17, 15) is 27.6 Å². The number of halogens is 3. The van der Waals surface area contributed by atoms with Gasteiger partial charge in [-0.25, -0.2) is 22.8 Å². The maximum absolute atomic E-state index is 13.6. The van der Waals surface area contributed by atoms with Gasteiger partial charge in [0.25, 0.3) is 5.91 Å². The fourth-order valence-electron chi connectivity index (χ4n) is 2.01. The Morgan fingerprint density at radius 2 is 1.74 bits per heavy atom. The Kier molecular flexibility index (Phi) is 6.01. The minimum Gasteiger partial charge on any atom is -0.449 e. The predicted octanol–water partition coefficient (Wildman–Crippen LogP) is 2.78. The summed E-state index contributed by atoms with van der Waals surface area (Å²) in [7, 11) is 0. The Morgan fingerprint density at radius 1 is 1.04 bits per heavy atom. The Balaban J connectivity index is 2.05. The summed E-state index contributed by atoms with van der Waals surface area (Å²) in [6, 6.07) is 6.20. The van der Waals surface area contributed by atoms with Crippen molar-refractivity contribution in [1.82, 2.24) is 0 Å². The first-order valence-electron chi connectivity index (χ1n) is 7.51. The normalized spacial score (nSPS) is 11.4. The Hall–Kier alpha value is -3.56. The SMILES string of the molecule is C[C@H](OC(=O)c1cccc(NC(N)=O)c1)C(=O)Nc1ccc(F)c(F)c1F. The molecular formula is C17H14F3N3O4. The molecule has 0 fully saturated rings. The number of benzene rings is 2. The largest absolute Gasteiger partial charge is 0.449 e. The van der Waals surface area contributed by atoms with Crippen LogP contribution in [0.2, 0.25) is 0 Å². The van der Waals surface area contributed by atoms with Crippen molar-refractivity contribution < 1.29 is 32.3 Å². The van der Waals surface area contributed by atoms with Gasteiger partial charge in [0.05, 0.1) is 11.3 Å². The van der Waals surface area contributed by atoms with Crippen molar-refractivity contribution in [2.75, 3.05) is 10.6 Å². The highest BCUT2D eigenvalue weighted by atomic mass is 19.2. The van der Waals surface area contributed by atoms with Gasteiger partial charge in [-0.05, 0) is 37.3 Å². The third-order valence-corrected chi connectivity index (χ3v) is 3.31. The molecule has 27 heavy (non-hydrogen) atoms. The van der Waals surface area contributed by atoms with Crippen molar-refractivity contribution in [3.63, 3.8) is 0 Å². The minimum atomic E-state index is -1.74. The zero-order chi connectivity index (χ0) is 20.1. The van der Waals surface area contributed by atoms with Crippen molar-refractivity contribution in [1.29, 1.82) is 0 Å². The third-order valence-electron chi connectivity index (χ3n) is 3.31. The number of anilines is 2. The summed E-state index contributed by atoms with van der Waals surface area (Å²) >= 11 is 0. The molecular weight excluding hydrogens is 367 g/mol. The third kappa shape index (κ3) is 4.97. The van der Waals surface area contributed by atoms with E-state index >= 15 is 0 Å². The number of urea groups is 1. The number of carbonyl (C=O) groups excluding carboxylic acids is 3. The lowest BCUT2D eigenvalue weighted by atomic mass is 10.2. The summed E-state index contributed by atoms with van der Waals surface area (Å²) < 4.78 is 44.6. The molecule has 142 valence electrons. The summed E-state index contributed by atoms with van der Waals surface area (Å²) in [6.45, 7) is 1.20. The highest BCUT2D eigenvalue weighted by molar-refractivity contribution is 5.98. The van der Waals surface area contributed by atoms with E-state index in [2.05, 4.69) is 5.32 Å². The molecule has 0 unspecified atom stereocenters. The first-order valence-corrected chi connectivity index (χ1v) is 7.51. The van der Waals surface area contributed by atoms with E-state index in [1.54, 1.807) is 0 Å². The average Bonchev–Trinajstić information content (AvgIpc) is 2.61. The Bertz CT molecular complexity index is 905. The van der Waals surface area contributed by atoms with Crippen LogP contribution in [0, 0.1) is 17.5 Å². The van der Waals surface area contributed by atoms with E-state index in [1.807, 2.05) is 5.32 Å². The second kappa shape index (κ2) is 8.21. The Morgan fingerprint density at radius 3 is 2.41 bits per heavy atom. The van der Waals surface area contributed by atoms with E-state index in [-0.39, 0.29) is 11.3 Å². The fraction of sp³-hybridized carbons (Fsp3) is 0.118. The molecule has 0 aromatic heterocycles. The molecule has 0 aliphatic carbocycles. The maximum atomic E-state index is 13.6. The molecule has 2 aromatic rings. The fourth-order valence-corrected chi connectivity index (χ4v) is 2.01. The van der Waals surface area contributed by atoms with Crippen LogP contribution in [0.4, 0.5) is 29.3 Å². The van der Waals surface area contributed by atoms with Crippen molar-refractivity contribution in [2.45, 2.75) is 13.0 Å². The molecule has 2 rings (SSSR count). The van der Waals surface area contributed by atoms with E-state index in [4.69, 9.17) is 10.5 Å². The number of hydrogen-bond acceptors (Lipinski definition) is 4. The lowest BCUT2D eigenvalue weighted by Crippen LogP contribution is -2.30. The van der Waals surface area contributed by atoms with Crippen molar-refractivity contribution in [3.05, 3.63) is 59.4 Å². The van der Waals surface area contributed by atoms with Gasteiger partial charge >= 0.3 is 12.0 Å². The number of ether oxygens (including phenoxy) is 1. The van der Waals surface area contributed by atoms with Crippen molar-refractivity contribution in [3.8, 4) is 0 Å². The quantitative estimate of drug-likeness (QED) is 0.546. The molecule has 0 saturated heterocycles. The second-order valence-corrected chi connectivity index (χ2v) is 5.33. The molecule has 0 radical (unpaired) electrons. The maximum Gasteiger partial charge on any atom is 0.338 e. The standard InChI is InChI=1S/C17H14F3N3O4/c1-8(15(24)23-12-6-5-11(18)13(19)14(12)20)27-16(25)9-3-2-4-10(7-9)22-17(21)26/h2-8H,1H3,(H,23,24)(H3,21,22,26)/t8-/m0/s1. The van der Waals surface area contributed by atoms with E-state index in [0.717, 1.165) is 6.07 Å². The molecule has 0 aliphatic rings. The van der Waals surface area contributed by atoms with Gasteiger partial charge in [-0.2, -0.15) is 0 Å².